The van der Waals surface area contributed by atoms with E-state index in [2.05, 4.69) is 5.32 Å². The summed E-state index contributed by atoms with van der Waals surface area (Å²) in [6.07, 6.45) is 2.18. The van der Waals surface area contributed by atoms with E-state index in [1.807, 2.05) is 6.92 Å². The van der Waals surface area contributed by atoms with Crippen molar-refractivity contribution in [2.75, 3.05) is 20.1 Å². The maximum Gasteiger partial charge on any atom is 0.244 e. The summed E-state index contributed by atoms with van der Waals surface area (Å²) in [6.45, 7) is 3.77. The topological polar surface area (TPSA) is 49.4 Å². The van der Waals surface area contributed by atoms with Gasteiger partial charge in [0.25, 0.3) is 0 Å². The maximum absolute atomic E-state index is 12.7. The lowest BCUT2D eigenvalue weighted by Gasteiger charge is -2.19. The number of sulfonamides is 1. The zero-order chi connectivity index (χ0) is 15.6. The fourth-order valence-corrected chi connectivity index (χ4v) is 4.27. The largest absolute Gasteiger partial charge is 0.313 e. The Kier molecular flexibility index (Phi) is 5.54. The molecular weight excluding hydrogens is 331 g/mol. The van der Waals surface area contributed by atoms with Gasteiger partial charge in [-0.3, -0.25) is 0 Å². The first-order valence-corrected chi connectivity index (χ1v) is 9.20. The second-order valence-electron chi connectivity index (χ2n) is 5.39. The van der Waals surface area contributed by atoms with Crippen molar-refractivity contribution in [2.45, 2.75) is 31.2 Å². The molecule has 0 bridgehead atoms. The van der Waals surface area contributed by atoms with Gasteiger partial charge in [0.05, 0.1) is 5.02 Å². The monoisotopic (exact) mass is 350 g/mol. The van der Waals surface area contributed by atoms with Crippen molar-refractivity contribution in [3.63, 3.8) is 0 Å². The van der Waals surface area contributed by atoms with Crippen LogP contribution >= 0.6 is 23.2 Å². The van der Waals surface area contributed by atoms with E-state index in [0.717, 1.165) is 19.4 Å². The molecule has 1 aromatic rings. The molecule has 7 heteroatoms. The zero-order valence-corrected chi connectivity index (χ0v) is 14.5. The molecule has 2 rings (SSSR count). The van der Waals surface area contributed by atoms with E-state index in [1.165, 1.54) is 10.4 Å². The highest BCUT2D eigenvalue weighted by atomic mass is 35.5. The Bertz CT molecular complexity index is 616. The first-order chi connectivity index (χ1) is 9.86. The van der Waals surface area contributed by atoms with Crippen LogP contribution in [-0.2, 0) is 16.6 Å². The summed E-state index contributed by atoms with van der Waals surface area (Å²) >= 11 is 12.4. The van der Waals surface area contributed by atoms with Gasteiger partial charge in [0.2, 0.25) is 10.0 Å². The van der Waals surface area contributed by atoms with Crippen LogP contribution in [0, 0.1) is 5.92 Å². The molecule has 1 aromatic carbocycles. The Balaban J connectivity index is 2.34. The molecule has 4 nitrogen and oxygen atoms in total. The highest BCUT2D eigenvalue weighted by molar-refractivity contribution is 7.89. The minimum absolute atomic E-state index is 0.0905. The average molecular weight is 351 g/mol. The van der Waals surface area contributed by atoms with Gasteiger partial charge in [-0.2, -0.15) is 0 Å². The molecule has 0 unspecified atom stereocenters. The molecule has 0 aliphatic heterocycles. The third kappa shape index (κ3) is 4.11. The third-order valence-electron chi connectivity index (χ3n) is 3.55. The van der Waals surface area contributed by atoms with Crippen LogP contribution in [0.2, 0.25) is 10.0 Å². The fourth-order valence-electron chi connectivity index (χ4n) is 2.12. The molecule has 21 heavy (non-hydrogen) atoms. The molecular formula is C14H20Cl2N2O2S. The Morgan fingerprint density at radius 2 is 2.00 bits per heavy atom. The number of hydrogen-bond donors (Lipinski definition) is 1. The molecule has 0 atom stereocenters. The van der Waals surface area contributed by atoms with Crippen molar-refractivity contribution in [3.8, 4) is 0 Å². The second kappa shape index (κ2) is 6.84. The quantitative estimate of drug-likeness (QED) is 0.821. The average Bonchev–Trinajstić information content (AvgIpc) is 3.23. The number of rotatable bonds is 7. The van der Waals surface area contributed by atoms with Crippen LogP contribution in [-0.4, -0.2) is 32.9 Å². The number of nitrogens with zero attached hydrogens (tertiary/aromatic N) is 1. The van der Waals surface area contributed by atoms with Crippen molar-refractivity contribution < 1.29 is 8.42 Å². The van der Waals surface area contributed by atoms with E-state index in [-0.39, 0.29) is 9.92 Å². The van der Waals surface area contributed by atoms with Gasteiger partial charge in [-0.25, -0.2) is 12.7 Å². The van der Waals surface area contributed by atoms with Gasteiger partial charge in [-0.05, 0) is 43.0 Å². The van der Waals surface area contributed by atoms with Crippen molar-refractivity contribution in [1.82, 2.24) is 9.62 Å². The fraction of sp³-hybridized carbons (Fsp3) is 0.571. The molecule has 0 radical (unpaired) electrons. The Labute approximate surface area is 136 Å². The number of benzene rings is 1. The van der Waals surface area contributed by atoms with Crippen LogP contribution in [0.4, 0.5) is 0 Å². The Morgan fingerprint density at radius 1 is 1.33 bits per heavy atom. The minimum atomic E-state index is -3.61. The highest BCUT2D eigenvalue weighted by Crippen LogP contribution is 2.34. The van der Waals surface area contributed by atoms with Gasteiger partial charge in [0.15, 0.2) is 0 Å². The maximum atomic E-state index is 12.7. The summed E-state index contributed by atoms with van der Waals surface area (Å²) in [5.74, 6) is 0.476. The zero-order valence-electron chi connectivity index (χ0n) is 12.2. The molecule has 1 aliphatic rings. The molecule has 118 valence electrons. The van der Waals surface area contributed by atoms with E-state index in [9.17, 15) is 8.42 Å². The van der Waals surface area contributed by atoms with E-state index in [4.69, 9.17) is 23.2 Å². The number of hydrogen-bond acceptors (Lipinski definition) is 3. The van der Waals surface area contributed by atoms with E-state index < -0.39 is 10.0 Å². The molecule has 0 heterocycles. The SMILES string of the molecule is CCNCc1cc(Cl)cc(S(=O)(=O)N(C)CC2CC2)c1Cl. The van der Waals surface area contributed by atoms with Crippen LogP contribution < -0.4 is 5.32 Å². The summed E-state index contributed by atoms with van der Waals surface area (Å²) in [5, 5.41) is 3.76. The molecule has 1 saturated carbocycles. The van der Waals surface area contributed by atoms with Crippen molar-refractivity contribution in [3.05, 3.63) is 27.7 Å². The van der Waals surface area contributed by atoms with Gasteiger partial charge in [0, 0.05) is 25.2 Å². The van der Waals surface area contributed by atoms with Gasteiger partial charge >= 0.3 is 0 Å². The summed E-state index contributed by atoms with van der Waals surface area (Å²) in [5.41, 5.74) is 0.699. The Hall–Kier alpha value is -0.330. The minimum Gasteiger partial charge on any atom is -0.313 e. The Morgan fingerprint density at radius 3 is 2.57 bits per heavy atom. The van der Waals surface area contributed by atoms with Crippen LogP contribution in [0.15, 0.2) is 17.0 Å². The van der Waals surface area contributed by atoms with E-state index in [1.54, 1.807) is 13.1 Å². The number of nitrogens with one attached hydrogen (secondary N) is 1. The van der Waals surface area contributed by atoms with Gasteiger partial charge in [0.1, 0.15) is 4.90 Å². The molecule has 0 spiro atoms. The van der Waals surface area contributed by atoms with Gasteiger partial charge < -0.3 is 5.32 Å². The smallest absolute Gasteiger partial charge is 0.244 e. The third-order valence-corrected chi connectivity index (χ3v) is 6.17. The molecule has 1 fully saturated rings. The summed E-state index contributed by atoms with van der Waals surface area (Å²) < 4.78 is 26.7. The molecule has 0 amide bonds. The lowest BCUT2D eigenvalue weighted by Crippen LogP contribution is -2.29. The van der Waals surface area contributed by atoms with E-state index in [0.29, 0.717) is 29.6 Å². The summed E-state index contributed by atoms with van der Waals surface area (Å²) in [4.78, 5) is 0.0905. The summed E-state index contributed by atoms with van der Waals surface area (Å²) in [6, 6.07) is 3.13. The molecule has 0 saturated heterocycles. The first kappa shape index (κ1) is 17.0. The lowest BCUT2D eigenvalue weighted by atomic mass is 10.2. The van der Waals surface area contributed by atoms with E-state index >= 15 is 0 Å². The van der Waals surface area contributed by atoms with Crippen molar-refractivity contribution in [2.24, 2.45) is 5.92 Å². The van der Waals surface area contributed by atoms with Crippen LogP contribution in [0.1, 0.15) is 25.3 Å². The summed E-state index contributed by atoms with van der Waals surface area (Å²) in [7, 11) is -2.01. The van der Waals surface area contributed by atoms with Crippen molar-refractivity contribution >= 4 is 33.2 Å². The van der Waals surface area contributed by atoms with Crippen LogP contribution in [0.25, 0.3) is 0 Å². The normalized spacial score (nSPS) is 15.7. The predicted octanol–water partition coefficient (Wildman–Crippen LogP) is 3.13. The standard InChI is InChI=1S/C14H20Cl2N2O2S/c1-3-17-8-11-6-12(15)7-13(14(11)16)21(19,20)18(2)9-10-4-5-10/h6-7,10,17H,3-5,8-9H2,1-2H3. The first-order valence-electron chi connectivity index (χ1n) is 7.01. The highest BCUT2D eigenvalue weighted by Gasteiger charge is 2.31. The van der Waals surface area contributed by atoms with Crippen molar-refractivity contribution in [1.29, 1.82) is 0 Å². The molecule has 1 N–H and O–H groups in total. The molecule has 0 aromatic heterocycles. The van der Waals surface area contributed by atoms with Crippen LogP contribution in [0.5, 0.6) is 0 Å². The van der Waals surface area contributed by atoms with Gasteiger partial charge in [-0.15, -0.1) is 0 Å². The predicted molar refractivity (Wildman–Crippen MR) is 86.4 cm³/mol. The lowest BCUT2D eigenvalue weighted by molar-refractivity contribution is 0.453. The number of halogens is 2. The second-order valence-corrected chi connectivity index (χ2v) is 8.21. The van der Waals surface area contributed by atoms with Gasteiger partial charge in [-0.1, -0.05) is 30.1 Å². The van der Waals surface area contributed by atoms with Crippen LogP contribution in [0.3, 0.4) is 0 Å². The molecule has 1 aliphatic carbocycles.